The molecule has 0 bridgehead atoms. The predicted octanol–water partition coefficient (Wildman–Crippen LogP) is 7.88. The van der Waals surface area contributed by atoms with Crippen molar-refractivity contribution in [3.63, 3.8) is 0 Å². The molecule has 1 aromatic heterocycles. The first-order valence-electron chi connectivity index (χ1n) is 15.9. The average Bonchev–Trinajstić information content (AvgIpc) is 3.36. The van der Waals surface area contributed by atoms with Gasteiger partial charge in [-0.05, 0) is 89.3 Å². The first kappa shape index (κ1) is 31.2. The molecule has 0 fully saturated rings. The second-order valence-corrected chi connectivity index (χ2v) is 18.3. The average molecular weight is 597 g/mol. The highest BCUT2D eigenvalue weighted by molar-refractivity contribution is 6.74. The number of hydrogen-bond acceptors (Lipinski definition) is 4. The van der Waals surface area contributed by atoms with Crippen molar-refractivity contribution in [1.29, 1.82) is 0 Å². The number of pyridine rings is 1. The summed E-state index contributed by atoms with van der Waals surface area (Å²) in [6, 6.07) is 23.0. The molecule has 5 rings (SSSR count). The van der Waals surface area contributed by atoms with Crippen molar-refractivity contribution < 1.29 is 9.16 Å². The van der Waals surface area contributed by atoms with Gasteiger partial charge in [-0.25, -0.2) is 0 Å². The van der Waals surface area contributed by atoms with Gasteiger partial charge in [0.15, 0.2) is 8.32 Å². The molecule has 5 nitrogen and oxygen atoms in total. The molecular formula is C37H48N2O3Si. The number of ether oxygens (including phenoxy) is 1. The van der Waals surface area contributed by atoms with E-state index in [2.05, 4.69) is 76.2 Å². The SMILES string of the molecule is CCc1cc2c(cc1CC)CC(N[C@@H](Cc1ccc(OCc3ccccc3)c3[nH]c(=O)ccc13)O[Si](C)(C)C(C)(C)C)C2. The molecule has 0 saturated heterocycles. The lowest BCUT2D eigenvalue weighted by atomic mass is 9.97. The quantitative estimate of drug-likeness (QED) is 0.137. The van der Waals surface area contributed by atoms with Crippen LogP contribution in [0.3, 0.4) is 0 Å². The van der Waals surface area contributed by atoms with E-state index in [1.165, 1.54) is 22.3 Å². The molecular weight excluding hydrogens is 549 g/mol. The second kappa shape index (κ2) is 12.8. The van der Waals surface area contributed by atoms with Crippen LogP contribution in [0.1, 0.15) is 68.0 Å². The fraction of sp³-hybridized carbons (Fsp3) is 0.432. The van der Waals surface area contributed by atoms with Gasteiger partial charge in [0, 0.05) is 23.9 Å². The van der Waals surface area contributed by atoms with E-state index in [1.54, 1.807) is 6.07 Å². The fourth-order valence-electron chi connectivity index (χ4n) is 6.00. The Morgan fingerprint density at radius 2 is 1.56 bits per heavy atom. The van der Waals surface area contributed by atoms with Crippen molar-refractivity contribution in [2.24, 2.45) is 0 Å². The van der Waals surface area contributed by atoms with Crippen molar-refractivity contribution in [3.05, 3.63) is 110 Å². The van der Waals surface area contributed by atoms with E-state index in [0.29, 0.717) is 24.8 Å². The van der Waals surface area contributed by atoms with E-state index in [4.69, 9.17) is 9.16 Å². The Balaban J connectivity index is 1.43. The Morgan fingerprint density at radius 3 is 2.16 bits per heavy atom. The van der Waals surface area contributed by atoms with Crippen LogP contribution in [0, 0.1) is 0 Å². The number of rotatable bonds is 11. The van der Waals surface area contributed by atoms with Crippen molar-refractivity contribution in [1.82, 2.24) is 10.3 Å². The number of nitrogens with one attached hydrogen (secondary N) is 2. The minimum atomic E-state index is -2.09. The summed E-state index contributed by atoms with van der Waals surface area (Å²) in [5.74, 6) is 0.680. The number of fused-ring (bicyclic) bond motifs is 2. The van der Waals surface area contributed by atoms with Crippen molar-refractivity contribution in [3.8, 4) is 5.75 Å². The number of benzene rings is 3. The number of aryl methyl sites for hydroxylation is 2. The first-order chi connectivity index (χ1) is 20.5. The van der Waals surface area contributed by atoms with Gasteiger partial charge in [-0.15, -0.1) is 0 Å². The van der Waals surface area contributed by atoms with Crippen molar-refractivity contribution in [2.45, 2.75) is 104 Å². The molecule has 1 atom stereocenters. The summed E-state index contributed by atoms with van der Waals surface area (Å²) in [4.78, 5) is 15.5. The van der Waals surface area contributed by atoms with Gasteiger partial charge in [0.05, 0.1) is 5.52 Å². The zero-order chi connectivity index (χ0) is 30.8. The molecule has 0 amide bonds. The molecule has 43 heavy (non-hydrogen) atoms. The number of aromatic amines is 1. The molecule has 1 heterocycles. The highest BCUT2D eigenvalue weighted by atomic mass is 28.4. The van der Waals surface area contributed by atoms with E-state index < -0.39 is 8.32 Å². The van der Waals surface area contributed by atoms with Gasteiger partial charge >= 0.3 is 0 Å². The molecule has 0 saturated carbocycles. The lowest BCUT2D eigenvalue weighted by molar-refractivity contribution is 0.132. The Bertz CT molecular complexity index is 1590. The minimum absolute atomic E-state index is 0.0834. The molecule has 1 aliphatic rings. The number of H-pyrrole nitrogens is 1. The van der Waals surface area contributed by atoms with E-state index >= 15 is 0 Å². The molecule has 6 heteroatoms. The van der Waals surface area contributed by atoms with Crippen LogP contribution < -0.4 is 15.6 Å². The first-order valence-corrected chi connectivity index (χ1v) is 18.8. The zero-order valence-corrected chi connectivity index (χ0v) is 28.0. The summed E-state index contributed by atoms with van der Waals surface area (Å²) in [5, 5.41) is 5.04. The van der Waals surface area contributed by atoms with Crippen LogP contribution in [0.5, 0.6) is 5.75 Å². The molecule has 2 N–H and O–H groups in total. The van der Waals surface area contributed by atoms with Gasteiger partial charge in [-0.2, -0.15) is 0 Å². The predicted molar refractivity (Wildman–Crippen MR) is 181 cm³/mol. The standard InChI is InChI=1S/C37H48N2O3Si/c1-8-26-19-29-21-31(22-30(29)20-27(26)9-2)38-35(42-43(6,7)37(3,4)5)23-28-15-17-33(36-32(28)16-18-34(40)39-36)41-24-25-13-11-10-12-14-25/h10-20,31,35,38H,8-9,21-24H2,1-7H3,(H,39,40)/t35-/m1/s1. The normalized spacial score (nSPS) is 14.7. The maximum absolute atomic E-state index is 12.4. The maximum Gasteiger partial charge on any atom is 0.248 e. The molecule has 0 aliphatic heterocycles. The number of hydrogen-bond donors (Lipinski definition) is 2. The van der Waals surface area contributed by atoms with Gasteiger partial charge in [0.2, 0.25) is 5.56 Å². The highest BCUT2D eigenvalue weighted by Gasteiger charge is 2.40. The van der Waals surface area contributed by atoms with Gasteiger partial charge < -0.3 is 14.1 Å². The smallest absolute Gasteiger partial charge is 0.248 e. The van der Waals surface area contributed by atoms with Gasteiger partial charge in [-0.3, -0.25) is 10.1 Å². The third kappa shape index (κ3) is 7.14. The molecule has 3 aromatic carbocycles. The van der Waals surface area contributed by atoms with Crippen molar-refractivity contribution >= 4 is 19.2 Å². The summed E-state index contributed by atoms with van der Waals surface area (Å²) < 4.78 is 13.3. The summed E-state index contributed by atoms with van der Waals surface area (Å²) >= 11 is 0. The van der Waals surface area contributed by atoms with E-state index in [0.717, 1.165) is 47.7 Å². The van der Waals surface area contributed by atoms with Crippen LogP contribution in [0.2, 0.25) is 18.1 Å². The topological polar surface area (TPSA) is 63.3 Å². The summed E-state index contributed by atoms with van der Waals surface area (Å²) in [7, 11) is -2.09. The van der Waals surface area contributed by atoms with Crippen LogP contribution in [0.25, 0.3) is 10.9 Å². The van der Waals surface area contributed by atoms with E-state index in [1.807, 2.05) is 42.5 Å². The maximum atomic E-state index is 12.4. The fourth-order valence-corrected chi connectivity index (χ4v) is 7.22. The minimum Gasteiger partial charge on any atom is -0.487 e. The molecule has 0 radical (unpaired) electrons. The van der Waals surface area contributed by atoms with Gasteiger partial charge in [0.1, 0.15) is 18.6 Å². The Morgan fingerprint density at radius 1 is 0.907 bits per heavy atom. The van der Waals surface area contributed by atoms with Crippen LogP contribution in [-0.2, 0) is 43.1 Å². The Kier molecular flexibility index (Phi) is 9.31. The van der Waals surface area contributed by atoms with Gasteiger partial charge in [0.25, 0.3) is 0 Å². The summed E-state index contributed by atoms with van der Waals surface area (Å²) in [5.41, 5.74) is 8.71. The molecule has 0 spiro atoms. The van der Waals surface area contributed by atoms with E-state index in [-0.39, 0.29) is 16.8 Å². The van der Waals surface area contributed by atoms with Gasteiger partial charge in [-0.1, -0.05) is 83.1 Å². The third-order valence-corrected chi connectivity index (χ3v) is 14.0. The lowest BCUT2D eigenvalue weighted by Crippen LogP contribution is -2.51. The monoisotopic (exact) mass is 596 g/mol. The van der Waals surface area contributed by atoms with Crippen molar-refractivity contribution in [2.75, 3.05) is 0 Å². The zero-order valence-electron chi connectivity index (χ0n) is 27.0. The van der Waals surface area contributed by atoms with E-state index in [9.17, 15) is 4.79 Å². The highest BCUT2D eigenvalue weighted by Crippen LogP contribution is 2.38. The number of aromatic nitrogens is 1. The Hall–Kier alpha value is -3.19. The second-order valence-electron chi connectivity index (χ2n) is 13.5. The Labute approximate surface area is 258 Å². The summed E-state index contributed by atoms with van der Waals surface area (Å²) in [6.45, 7) is 16.5. The molecule has 0 unspecified atom stereocenters. The van der Waals surface area contributed by atoms with Crippen LogP contribution >= 0.6 is 0 Å². The van der Waals surface area contributed by atoms with Crippen LogP contribution in [0.4, 0.5) is 0 Å². The van der Waals surface area contributed by atoms with Crippen LogP contribution in [-0.4, -0.2) is 25.6 Å². The van der Waals surface area contributed by atoms with Crippen LogP contribution in [0.15, 0.2) is 71.5 Å². The summed E-state index contributed by atoms with van der Waals surface area (Å²) in [6.07, 6.45) is 4.73. The third-order valence-electron chi connectivity index (χ3n) is 9.47. The largest absolute Gasteiger partial charge is 0.487 e. The molecule has 4 aromatic rings. The molecule has 228 valence electrons. The lowest BCUT2D eigenvalue weighted by Gasteiger charge is -2.40. The molecule has 1 aliphatic carbocycles.